The molecule has 0 radical (unpaired) electrons. The van der Waals surface area contributed by atoms with Crippen LogP contribution in [0, 0.1) is 0 Å². The molecule has 2 amide bonds. The van der Waals surface area contributed by atoms with Gasteiger partial charge in [0.25, 0.3) is 17.7 Å². The van der Waals surface area contributed by atoms with Crippen LogP contribution in [-0.4, -0.2) is 60.0 Å². The summed E-state index contributed by atoms with van der Waals surface area (Å²) in [4.78, 5) is 35.3. The zero-order valence-electron chi connectivity index (χ0n) is 18.3. The number of carbonyl (C=O) groups excluding carboxylic acids is 2. The van der Waals surface area contributed by atoms with Gasteiger partial charge in [-0.25, -0.2) is 13.8 Å². The lowest BCUT2D eigenvalue weighted by Gasteiger charge is -2.31. The fraction of sp³-hybridized carbons (Fsp3) is 0.261. The molecule has 1 N–H and O–H groups in total. The van der Waals surface area contributed by atoms with E-state index in [4.69, 9.17) is 0 Å². The van der Waals surface area contributed by atoms with Crippen LogP contribution in [0.5, 0.6) is 0 Å². The van der Waals surface area contributed by atoms with Gasteiger partial charge in [0, 0.05) is 57.0 Å². The highest BCUT2D eigenvalue weighted by molar-refractivity contribution is 6.04. The Morgan fingerprint density at radius 1 is 1.06 bits per heavy atom. The summed E-state index contributed by atoms with van der Waals surface area (Å²) in [6, 6.07) is 5.27. The second-order valence-corrected chi connectivity index (χ2v) is 8.26. The van der Waals surface area contributed by atoms with Crippen molar-refractivity contribution in [2.75, 3.05) is 18.4 Å². The minimum atomic E-state index is -2.71. The fourth-order valence-electron chi connectivity index (χ4n) is 3.94. The van der Waals surface area contributed by atoms with E-state index < -0.39 is 5.92 Å². The molecule has 34 heavy (non-hydrogen) atoms. The minimum Gasteiger partial charge on any atom is -0.338 e. The third-order valence-electron chi connectivity index (χ3n) is 5.78. The number of carbonyl (C=O) groups is 2. The van der Waals surface area contributed by atoms with Crippen molar-refractivity contribution in [3.8, 4) is 5.69 Å². The summed E-state index contributed by atoms with van der Waals surface area (Å²) in [6.45, 7) is 0.0439. The van der Waals surface area contributed by atoms with Crippen molar-refractivity contribution in [2.45, 2.75) is 18.8 Å². The molecule has 0 aromatic carbocycles. The maximum atomic E-state index is 13.4. The van der Waals surface area contributed by atoms with E-state index in [1.165, 1.54) is 23.5 Å². The van der Waals surface area contributed by atoms with Gasteiger partial charge in [0.1, 0.15) is 5.65 Å². The van der Waals surface area contributed by atoms with Gasteiger partial charge in [0.15, 0.2) is 0 Å². The first-order chi connectivity index (χ1) is 16.3. The first-order valence-electron chi connectivity index (χ1n) is 10.7. The molecule has 1 aliphatic heterocycles. The van der Waals surface area contributed by atoms with Crippen molar-refractivity contribution in [3.63, 3.8) is 0 Å². The van der Waals surface area contributed by atoms with Crippen LogP contribution in [0.3, 0.4) is 0 Å². The molecular formula is C23H21F2N7O2. The molecule has 0 aliphatic carbocycles. The van der Waals surface area contributed by atoms with E-state index in [1.54, 1.807) is 47.0 Å². The van der Waals surface area contributed by atoms with Crippen LogP contribution < -0.4 is 5.32 Å². The molecule has 1 aliphatic rings. The Morgan fingerprint density at radius 3 is 2.59 bits per heavy atom. The first-order valence-corrected chi connectivity index (χ1v) is 10.7. The van der Waals surface area contributed by atoms with Crippen molar-refractivity contribution in [1.29, 1.82) is 0 Å². The summed E-state index contributed by atoms with van der Waals surface area (Å²) in [5.74, 6) is -3.32. The molecule has 0 unspecified atom stereocenters. The quantitative estimate of drug-likeness (QED) is 0.499. The van der Waals surface area contributed by atoms with E-state index in [-0.39, 0.29) is 37.7 Å². The number of nitrogens with one attached hydrogen (secondary N) is 1. The molecule has 4 aromatic rings. The summed E-state index contributed by atoms with van der Waals surface area (Å²) in [5, 5.41) is 7.51. The molecule has 0 bridgehead atoms. The van der Waals surface area contributed by atoms with Gasteiger partial charge in [0.05, 0.1) is 41.1 Å². The zero-order chi connectivity index (χ0) is 23.9. The Balaban J connectivity index is 1.36. The number of halogens is 2. The number of aryl methyl sites for hydroxylation is 1. The first kappa shape index (κ1) is 21.7. The zero-order valence-corrected chi connectivity index (χ0v) is 18.3. The van der Waals surface area contributed by atoms with Crippen molar-refractivity contribution in [1.82, 2.24) is 29.2 Å². The van der Waals surface area contributed by atoms with Gasteiger partial charge in [-0.1, -0.05) is 0 Å². The molecule has 0 atom stereocenters. The van der Waals surface area contributed by atoms with Gasteiger partial charge in [-0.05, 0) is 18.2 Å². The number of hydrogen-bond donors (Lipinski definition) is 1. The third kappa shape index (κ3) is 4.24. The predicted octanol–water partition coefficient (Wildman–Crippen LogP) is 3.28. The van der Waals surface area contributed by atoms with E-state index in [0.29, 0.717) is 28.1 Å². The van der Waals surface area contributed by atoms with Crippen LogP contribution in [0.2, 0.25) is 0 Å². The Morgan fingerprint density at radius 2 is 1.85 bits per heavy atom. The van der Waals surface area contributed by atoms with E-state index in [9.17, 15) is 18.4 Å². The fourth-order valence-corrected chi connectivity index (χ4v) is 3.94. The van der Waals surface area contributed by atoms with Crippen molar-refractivity contribution in [2.24, 2.45) is 7.05 Å². The number of piperidine rings is 1. The van der Waals surface area contributed by atoms with Crippen LogP contribution >= 0.6 is 0 Å². The van der Waals surface area contributed by atoms with Crippen molar-refractivity contribution < 1.29 is 18.4 Å². The maximum absolute atomic E-state index is 13.4. The van der Waals surface area contributed by atoms with Crippen LogP contribution in [0.25, 0.3) is 16.7 Å². The number of fused-ring (bicyclic) bond motifs is 1. The predicted molar refractivity (Wildman–Crippen MR) is 120 cm³/mol. The van der Waals surface area contributed by atoms with Crippen LogP contribution in [0.4, 0.5) is 14.5 Å². The smallest absolute Gasteiger partial charge is 0.258 e. The van der Waals surface area contributed by atoms with Crippen molar-refractivity contribution >= 4 is 28.5 Å². The Bertz CT molecular complexity index is 1380. The highest BCUT2D eigenvalue weighted by Crippen LogP contribution is 2.29. The maximum Gasteiger partial charge on any atom is 0.258 e. The van der Waals surface area contributed by atoms with Crippen molar-refractivity contribution in [3.05, 3.63) is 66.5 Å². The van der Waals surface area contributed by atoms with Gasteiger partial charge < -0.3 is 10.2 Å². The standard InChI is InChI=1S/C23H21F2N7O2/c1-30-14-17(11-28-30)21(33)29-18-9-19(13-26-12-18)32-5-2-15-8-16(10-27-20(15)32)22(34)31-6-3-23(24,25)4-7-31/h2,5,8-14H,3-4,6-7H2,1H3,(H,29,33). The van der Waals surface area contributed by atoms with E-state index >= 15 is 0 Å². The molecule has 5 heterocycles. The van der Waals surface area contributed by atoms with Crippen LogP contribution in [0.1, 0.15) is 33.6 Å². The molecule has 0 saturated carbocycles. The molecule has 174 valence electrons. The highest BCUT2D eigenvalue weighted by Gasteiger charge is 2.35. The number of amides is 2. The summed E-state index contributed by atoms with van der Waals surface area (Å²) >= 11 is 0. The second kappa shape index (κ2) is 8.32. The summed E-state index contributed by atoms with van der Waals surface area (Å²) in [7, 11) is 1.73. The minimum absolute atomic E-state index is 0.0219. The molecule has 5 rings (SSSR count). The van der Waals surface area contributed by atoms with Gasteiger partial charge in [0.2, 0.25) is 0 Å². The van der Waals surface area contributed by atoms with Crippen LogP contribution in [-0.2, 0) is 7.05 Å². The van der Waals surface area contributed by atoms with E-state index in [2.05, 4.69) is 20.4 Å². The lowest BCUT2D eigenvalue weighted by molar-refractivity contribution is -0.0494. The van der Waals surface area contributed by atoms with E-state index in [1.807, 2.05) is 6.07 Å². The average Bonchev–Trinajstić information content (AvgIpc) is 3.44. The number of anilines is 1. The number of pyridine rings is 2. The van der Waals surface area contributed by atoms with Gasteiger partial charge in [-0.2, -0.15) is 5.10 Å². The SMILES string of the molecule is Cn1cc(C(=O)Nc2cncc(-n3ccc4cc(C(=O)N5CCC(F)(F)CC5)cnc43)c2)cn1. The molecule has 4 aromatic heterocycles. The Hall–Kier alpha value is -4.15. The molecule has 11 heteroatoms. The third-order valence-corrected chi connectivity index (χ3v) is 5.78. The molecule has 9 nitrogen and oxygen atoms in total. The lowest BCUT2D eigenvalue weighted by Crippen LogP contribution is -2.42. The number of hydrogen-bond acceptors (Lipinski definition) is 5. The summed E-state index contributed by atoms with van der Waals surface area (Å²) < 4.78 is 30.2. The number of likely N-dealkylation sites (tertiary alicyclic amines) is 1. The molecule has 1 fully saturated rings. The highest BCUT2D eigenvalue weighted by atomic mass is 19.3. The summed E-state index contributed by atoms with van der Waals surface area (Å²) in [6.07, 6.45) is 8.85. The number of aromatic nitrogens is 5. The Labute approximate surface area is 193 Å². The second-order valence-electron chi connectivity index (χ2n) is 8.26. The van der Waals surface area contributed by atoms with Gasteiger partial charge >= 0.3 is 0 Å². The lowest BCUT2D eigenvalue weighted by atomic mass is 10.1. The summed E-state index contributed by atoms with van der Waals surface area (Å²) in [5.41, 5.74) is 2.55. The van der Waals surface area contributed by atoms with Gasteiger partial charge in [-0.3, -0.25) is 23.8 Å². The topological polar surface area (TPSA) is 97.9 Å². The normalized spacial score (nSPS) is 15.4. The monoisotopic (exact) mass is 465 g/mol. The average molecular weight is 465 g/mol. The Kier molecular flexibility index (Phi) is 5.31. The molecule has 1 saturated heterocycles. The molecular weight excluding hydrogens is 444 g/mol. The number of nitrogens with zero attached hydrogens (tertiary/aromatic N) is 6. The van der Waals surface area contributed by atoms with Gasteiger partial charge in [-0.15, -0.1) is 0 Å². The number of rotatable bonds is 4. The number of alkyl halides is 2. The van der Waals surface area contributed by atoms with Crippen LogP contribution in [0.15, 0.2) is 55.4 Å². The largest absolute Gasteiger partial charge is 0.338 e. The molecule has 0 spiro atoms. The van der Waals surface area contributed by atoms with E-state index in [0.717, 1.165) is 5.39 Å².